The van der Waals surface area contributed by atoms with E-state index in [4.69, 9.17) is 9.84 Å². The minimum absolute atomic E-state index is 0.0297. The van der Waals surface area contributed by atoms with E-state index in [0.717, 1.165) is 11.1 Å². The molecule has 5 nitrogen and oxygen atoms in total. The predicted octanol–water partition coefficient (Wildman–Crippen LogP) is 2.00. The molecule has 1 unspecified atom stereocenters. The van der Waals surface area contributed by atoms with Crippen molar-refractivity contribution in [3.8, 4) is 0 Å². The number of fused-ring (bicyclic) bond motifs is 1. The summed E-state index contributed by atoms with van der Waals surface area (Å²) in [5.41, 5.74) is 2.23. The number of benzene rings is 1. The zero-order valence-electron chi connectivity index (χ0n) is 10.5. The number of amides is 1. The van der Waals surface area contributed by atoms with E-state index < -0.39 is 18.1 Å². The van der Waals surface area contributed by atoms with E-state index in [1.54, 1.807) is 0 Å². The van der Waals surface area contributed by atoms with Crippen molar-refractivity contribution in [2.24, 2.45) is 0 Å². The molecule has 0 saturated carbocycles. The van der Waals surface area contributed by atoms with Gasteiger partial charge in [-0.05, 0) is 18.1 Å². The number of carbonyl (C=O) groups is 2. The average Bonchev–Trinajstić information content (AvgIpc) is 2.79. The number of carboxylic acid groups (broad SMARTS) is 1. The van der Waals surface area contributed by atoms with Gasteiger partial charge >= 0.3 is 12.1 Å². The number of carbonyl (C=O) groups excluding carboxylic acids is 1. The largest absolute Gasteiger partial charge is 0.480 e. The zero-order chi connectivity index (χ0) is 13.8. The number of carboxylic acids is 1. The van der Waals surface area contributed by atoms with Crippen molar-refractivity contribution in [2.45, 2.75) is 18.9 Å². The lowest BCUT2D eigenvalue weighted by Crippen LogP contribution is -2.39. The maximum Gasteiger partial charge on any atom is 0.407 e. The number of ether oxygens (including phenoxy) is 1. The fourth-order valence-electron chi connectivity index (χ4n) is 1.91. The van der Waals surface area contributed by atoms with Crippen molar-refractivity contribution in [2.75, 3.05) is 6.61 Å². The van der Waals surface area contributed by atoms with Crippen LogP contribution in [0.1, 0.15) is 24.0 Å². The fraction of sp³-hybridized carbons (Fsp3) is 0.286. The molecule has 19 heavy (non-hydrogen) atoms. The molecule has 0 saturated heterocycles. The van der Waals surface area contributed by atoms with Crippen LogP contribution in [0.15, 0.2) is 30.3 Å². The van der Waals surface area contributed by atoms with Gasteiger partial charge in [-0.2, -0.15) is 0 Å². The summed E-state index contributed by atoms with van der Waals surface area (Å²) in [7, 11) is 0. The van der Waals surface area contributed by atoms with Crippen LogP contribution in [-0.4, -0.2) is 29.8 Å². The number of rotatable bonds is 4. The van der Waals surface area contributed by atoms with Crippen molar-refractivity contribution in [1.29, 1.82) is 0 Å². The maximum atomic E-state index is 11.4. The molecule has 0 fully saturated rings. The number of alkyl carbamates (subject to hydrolysis) is 1. The monoisotopic (exact) mass is 261 g/mol. The number of aliphatic carboxylic acids is 1. The number of hydrogen-bond acceptors (Lipinski definition) is 3. The second-order valence-corrected chi connectivity index (χ2v) is 4.40. The SMILES string of the molecule is C[C@H](NC(=O)OCC1C=Cc2ccccc21)C(=O)O. The van der Waals surface area contributed by atoms with E-state index in [1.165, 1.54) is 6.92 Å². The molecular weight excluding hydrogens is 246 g/mol. The van der Waals surface area contributed by atoms with Crippen LogP contribution in [0.4, 0.5) is 4.79 Å². The quantitative estimate of drug-likeness (QED) is 0.869. The van der Waals surface area contributed by atoms with Gasteiger partial charge in [0.2, 0.25) is 0 Å². The topological polar surface area (TPSA) is 75.6 Å². The summed E-state index contributed by atoms with van der Waals surface area (Å²) in [5.74, 6) is -1.06. The molecular formula is C14H15NO4. The normalized spacial score (nSPS) is 17.6. The van der Waals surface area contributed by atoms with E-state index in [1.807, 2.05) is 36.4 Å². The summed E-state index contributed by atoms with van der Waals surface area (Å²) in [4.78, 5) is 22.0. The molecule has 1 aromatic carbocycles. The van der Waals surface area contributed by atoms with Crippen LogP contribution in [0, 0.1) is 0 Å². The summed E-state index contributed by atoms with van der Waals surface area (Å²) in [6, 6.07) is 6.91. The molecule has 1 aliphatic rings. The van der Waals surface area contributed by atoms with Crippen LogP contribution in [0.3, 0.4) is 0 Å². The molecule has 0 bridgehead atoms. The molecule has 5 heteroatoms. The Kier molecular flexibility index (Phi) is 3.85. The molecule has 2 N–H and O–H groups in total. The minimum atomic E-state index is -1.09. The second-order valence-electron chi connectivity index (χ2n) is 4.40. The molecule has 1 aromatic rings. The van der Waals surface area contributed by atoms with Gasteiger partial charge in [0.05, 0.1) is 0 Å². The third-order valence-electron chi connectivity index (χ3n) is 3.00. The lowest BCUT2D eigenvalue weighted by molar-refractivity contribution is -0.138. The first-order chi connectivity index (χ1) is 9.08. The summed E-state index contributed by atoms with van der Waals surface area (Å²) in [6.07, 6.45) is 3.24. The average molecular weight is 261 g/mol. The van der Waals surface area contributed by atoms with Gasteiger partial charge in [0.25, 0.3) is 0 Å². The van der Waals surface area contributed by atoms with E-state index in [-0.39, 0.29) is 12.5 Å². The Balaban J connectivity index is 1.86. The molecule has 0 radical (unpaired) electrons. The van der Waals surface area contributed by atoms with Crippen LogP contribution < -0.4 is 5.32 Å². The Morgan fingerprint density at radius 1 is 1.42 bits per heavy atom. The standard InChI is InChI=1S/C14H15NO4/c1-9(13(16)17)15-14(18)19-8-11-7-6-10-4-2-3-5-12(10)11/h2-7,9,11H,8H2,1H3,(H,15,18)(H,16,17)/t9-,11?/m0/s1. The van der Waals surface area contributed by atoms with Gasteiger partial charge in [-0.3, -0.25) is 4.79 Å². The molecule has 2 rings (SSSR count). The summed E-state index contributed by atoms with van der Waals surface area (Å²) < 4.78 is 5.04. The van der Waals surface area contributed by atoms with Crippen LogP contribution in [0.25, 0.3) is 6.08 Å². The first-order valence-electron chi connectivity index (χ1n) is 6.01. The first-order valence-corrected chi connectivity index (χ1v) is 6.01. The van der Waals surface area contributed by atoms with Gasteiger partial charge < -0.3 is 15.2 Å². The van der Waals surface area contributed by atoms with Crippen molar-refractivity contribution in [3.05, 3.63) is 41.5 Å². The Morgan fingerprint density at radius 2 is 2.16 bits per heavy atom. The van der Waals surface area contributed by atoms with Gasteiger partial charge in [-0.25, -0.2) is 4.79 Å². The smallest absolute Gasteiger partial charge is 0.407 e. The van der Waals surface area contributed by atoms with Crippen molar-refractivity contribution >= 4 is 18.1 Å². The predicted molar refractivity (Wildman–Crippen MR) is 69.8 cm³/mol. The molecule has 0 spiro atoms. The van der Waals surface area contributed by atoms with E-state index >= 15 is 0 Å². The van der Waals surface area contributed by atoms with E-state index in [2.05, 4.69) is 5.32 Å². The highest BCUT2D eigenvalue weighted by atomic mass is 16.5. The van der Waals surface area contributed by atoms with Gasteiger partial charge in [0.15, 0.2) is 0 Å². The molecule has 0 aliphatic heterocycles. The maximum absolute atomic E-state index is 11.4. The molecule has 1 aliphatic carbocycles. The van der Waals surface area contributed by atoms with Crippen molar-refractivity contribution < 1.29 is 19.4 Å². The fourth-order valence-corrected chi connectivity index (χ4v) is 1.91. The van der Waals surface area contributed by atoms with E-state index in [9.17, 15) is 9.59 Å². The number of hydrogen-bond donors (Lipinski definition) is 2. The third kappa shape index (κ3) is 3.13. The Morgan fingerprint density at radius 3 is 2.89 bits per heavy atom. The highest BCUT2D eigenvalue weighted by molar-refractivity contribution is 5.79. The summed E-state index contributed by atoms with van der Waals surface area (Å²) in [6.45, 7) is 1.58. The highest BCUT2D eigenvalue weighted by Crippen LogP contribution is 2.29. The molecule has 2 atom stereocenters. The van der Waals surface area contributed by atoms with Crippen molar-refractivity contribution in [3.63, 3.8) is 0 Å². The Hall–Kier alpha value is -2.30. The van der Waals surface area contributed by atoms with Gasteiger partial charge in [-0.1, -0.05) is 36.4 Å². The zero-order valence-corrected chi connectivity index (χ0v) is 10.5. The van der Waals surface area contributed by atoms with Gasteiger partial charge in [0, 0.05) is 5.92 Å². The molecule has 100 valence electrons. The second kappa shape index (κ2) is 5.56. The van der Waals surface area contributed by atoms with Crippen molar-refractivity contribution in [1.82, 2.24) is 5.32 Å². The minimum Gasteiger partial charge on any atom is -0.480 e. The third-order valence-corrected chi connectivity index (χ3v) is 3.00. The van der Waals surface area contributed by atoms with Crippen LogP contribution in [0.5, 0.6) is 0 Å². The van der Waals surface area contributed by atoms with Crippen LogP contribution in [0.2, 0.25) is 0 Å². The van der Waals surface area contributed by atoms with Gasteiger partial charge in [0.1, 0.15) is 12.6 Å². The lowest BCUT2D eigenvalue weighted by atomic mass is 10.0. The van der Waals surface area contributed by atoms with E-state index in [0.29, 0.717) is 0 Å². The summed E-state index contributed by atoms with van der Waals surface area (Å²) in [5, 5.41) is 10.9. The Bertz CT molecular complexity index is 524. The first kappa shape index (κ1) is 13.1. The highest BCUT2D eigenvalue weighted by Gasteiger charge is 2.20. The van der Waals surface area contributed by atoms with Gasteiger partial charge in [-0.15, -0.1) is 0 Å². The molecule has 1 amide bonds. The van der Waals surface area contributed by atoms with Crippen LogP contribution >= 0.6 is 0 Å². The molecule has 0 aromatic heterocycles. The summed E-state index contributed by atoms with van der Waals surface area (Å²) >= 11 is 0. The lowest BCUT2D eigenvalue weighted by Gasteiger charge is -2.13. The Labute approximate surface area is 110 Å². The van der Waals surface area contributed by atoms with Crippen LogP contribution in [-0.2, 0) is 9.53 Å². The number of nitrogens with one attached hydrogen (secondary N) is 1. The molecule has 0 heterocycles.